The predicted molar refractivity (Wildman–Crippen MR) is 94.5 cm³/mol. The van der Waals surface area contributed by atoms with Gasteiger partial charge in [-0.2, -0.15) is 0 Å². The number of nitrogens with zero attached hydrogens (tertiary/aromatic N) is 1. The van der Waals surface area contributed by atoms with Crippen LogP contribution in [-0.2, 0) is 0 Å². The second kappa shape index (κ2) is 5.29. The first-order chi connectivity index (χ1) is 11.2. The minimum Gasteiger partial charge on any atom is -0.440 e. The predicted octanol–water partition coefficient (Wildman–Crippen LogP) is 4.71. The summed E-state index contributed by atoms with van der Waals surface area (Å²) in [6, 6.07) is 23.1. The molecule has 3 aromatic carbocycles. The molecule has 0 aliphatic rings. The van der Waals surface area contributed by atoms with Gasteiger partial charge in [0.25, 0.3) is 0 Å². The zero-order chi connectivity index (χ0) is 15.8. The van der Waals surface area contributed by atoms with Crippen molar-refractivity contribution in [2.45, 2.75) is 0 Å². The summed E-state index contributed by atoms with van der Waals surface area (Å²) >= 11 is 0. The van der Waals surface area contributed by atoms with E-state index in [1.54, 1.807) is 6.07 Å². The van der Waals surface area contributed by atoms with Crippen molar-refractivity contribution < 1.29 is 4.42 Å². The molecule has 4 aromatic rings. The number of anilines is 2. The minimum absolute atomic E-state index is 0.0270. The lowest BCUT2D eigenvalue weighted by Gasteiger charge is -2.18. The lowest BCUT2D eigenvalue weighted by atomic mass is 10.1. The van der Waals surface area contributed by atoms with Crippen LogP contribution in [0.5, 0.6) is 0 Å². The SMILES string of the molecule is CN(c1ccccc1)c1cc(=O)c2c(ccc3ccccc32)o1. The van der Waals surface area contributed by atoms with Crippen molar-refractivity contribution in [3.05, 3.63) is 83.0 Å². The first-order valence-electron chi connectivity index (χ1n) is 7.48. The van der Waals surface area contributed by atoms with E-state index in [0.29, 0.717) is 16.9 Å². The smallest absolute Gasteiger partial charge is 0.204 e. The maximum absolute atomic E-state index is 12.7. The summed E-state index contributed by atoms with van der Waals surface area (Å²) in [5.41, 5.74) is 1.55. The number of fused-ring (bicyclic) bond motifs is 3. The molecule has 0 bridgehead atoms. The van der Waals surface area contributed by atoms with E-state index in [1.807, 2.05) is 78.7 Å². The summed E-state index contributed by atoms with van der Waals surface area (Å²) in [6.45, 7) is 0. The van der Waals surface area contributed by atoms with E-state index in [-0.39, 0.29) is 5.43 Å². The Labute approximate surface area is 133 Å². The molecule has 0 radical (unpaired) electrons. The zero-order valence-electron chi connectivity index (χ0n) is 12.7. The van der Waals surface area contributed by atoms with Crippen LogP contribution in [0.25, 0.3) is 21.7 Å². The van der Waals surface area contributed by atoms with E-state index in [2.05, 4.69) is 0 Å². The molecule has 0 N–H and O–H groups in total. The van der Waals surface area contributed by atoms with Gasteiger partial charge in [0.15, 0.2) is 5.43 Å². The largest absolute Gasteiger partial charge is 0.440 e. The highest BCUT2D eigenvalue weighted by atomic mass is 16.4. The van der Waals surface area contributed by atoms with Crippen LogP contribution in [0.4, 0.5) is 11.6 Å². The van der Waals surface area contributed by atoms with E-state index in [0.717, 1.165) is 16.5 Å². The Morgan fingerprint density at radius 3 is 2.43 bits per heavy atom. The van der Waals surface area contributed by atoms with Crippen molar-refractivity contribution in [1.29, 1.82) is 0 Å². The Kier molecular flexibility index (Phi) is 3.12. The number of benzene rings is 3. The normalized spacial score (nSPS) is 11.0. The highest BCUT2D eigenvalue weighted by Crippen LogP contribution is 2.28. The molecule has 0 atom stereocenters. The van der Waals surface area contributed by atoms with Crippen molar-refractivity contribution in [2.75, 3.05) is 11.9 Å². The molecule has 112 valence electrons. The fourth-order valence-corrected chi connectivity index (χ4v) is 2.86. The summed E-state index contributed by atoms with van der Waals surface area (Å²) in [4.78, 5) is 14.5. The molecule has 1 aromatic heterocycles. The van der Waals surface area contributed by atoms with E-state index >= 15 is 0 Å². The van der Waals surface area contributed by atoms with Gasteiger partial charge >= 0.3 is 0 Å². The molecule has 0 saturated carbocycles. The maximum Gasteiger partial charge on any atom is 0.204 e. The van der Waals surface area contributed by atoms with E-state index in [1.165, 1.54) is 0 Å². The molecule has 0 amide bonds. The molecule has 0 fully saturated rings. The molecule has 0 spiro atoms. The summed E-state index contributed by atoms with van der Waals surface area (Å²) in [5, 5.41) is 2.59. The average Bonchev–Trinajstić information content (AvgIpc) is 2.61. The zero-order valence-corrected chi connectivity index (χ0v) is 12.7. The quantitative estimate of drug-likeness (QED) is 0.503. The molecule has 0 aliphatic carbocycles. The molecular formula is C20H15NO2. The molecule has 0 saturated heterocycles. The molecular weight excluding hydrogens is 286 g/mol. The Hall–Kier alpha value is -3.07. The summed E-state index contributed by atoms with van der Waals surface area (Å²) in [5.74, 6) is 0.531. The Morgan fingerprint density at radius 2 is 1.61 bits per heavy atom. The van der Waals surface area contributed by atoms with E-state index in [9.17, 15) is 4.79 Å². The average molecular weight is 301 g/mol. The molecule has 0 aliphatic heterocycles. The molecule has 23 heavy (non-hydrogen) atoms. The molecule has 3 nitrogen and oxygen atoms in total. The highest BCUT2D eigenvalue weighted by Gasteiger charge is 2.12. The lowest BCUT2D eigenvalue weighted by Crippen LogP contribution is -2.12. The Morgan fingerprint density at radius 1 is 0.870 bits per heavy atom. The monoisotopic (exact) mass is 301 g/mol. The summed E-state index contributed by atoms with van der Waals surface area (Å²) in [7, 11) is 1.89. The van der Waals surface area contributed by atoms with Crippen LogP contribution in [0.15, 0.2) is 82.0 Å². The molecule has 1 heterocycles. The van der Waals surface area contributed by atoms with Gasteiger partial charge in [-0.05, 0) is 29.0 Å². The number of para-hydroxylation sites is 1. The topological polar surface area (TPSA) is 33.5 Å². The van der Waals surface area contributed by atoms with Gasteiger partial charge in [-0.25, -0.2) is 0 Å². The first kappa shape index (κ1) is 13.6. The van der Waals surface area contributed by atoms with Crippen LogP contribution >= 0.6 is 0 Å². The van der Waals surface area contributed by atoms with Gasteiger partial charge in [0.05, 0.1) is 5.39 Å². The second-order valence-electron chi connectivity index (χ2n) is 5.50. The van der Waals surface area contributed by atoms with Crippen LogP contribution in [0.1, 0.15) is 0 Å². The summed E-state index contributed by atoms with van der Waals surface area (Å²) < 4.78 is 5.99. The second-order valence-corrected chi connectivity index (χ2v) is 5.50. The van der Waals surface area contributed by atoms with Crippen molar-refractivity contribution in [2.24, 2.45) is 0 Å². The third-order valence-corrected chi connectivity index (χ3v) is 4.08. The van der Waals surface area contributed by atoms with Crippen molar-refractivity contribution in [3.63, 3.8) is 0 Å². The fourth-order valence-electron chi connectivity index (χ4n) is 2.86. The van der Waals surface area contributed by atoms with Gasteiger partial charge in [-0.3, -0.25) is 4.79 Å². The van der Waals surface area contributed by atoms with Gasteiger partial charge in [0, 0.05) is 18.8 Å². The van der Waals surface area contributed by atoms with Gasteiger partial charge < -0.3 is 9.32 Å². The third kappa shape index (κ3) is 2.27. The molecule has 4 rings (SSSR count). The van der Waals surface area contributed by atoms with Crippen molar-refractivity contribution in [1.82, 2.24) is 0 Å². The Bertz CT molecular complexity index is 1050. The fraction of sp³-hybridized carbons (Fsp3) is 0.0500. The summed E-state index contributed by atoms with van der Waals surface area (Å²) in [6.07, 6.45) is 0. The Balaban J connectivity index is 1.95. The van der Waals surface area contributed by atoms with Crippen LogP contribution in [-0.4, -0.2) is 7.05 Å². The number of rotatable bonds is 2. The van der Waals surface area contributed by atoms with E-state index < -0.39 is 0 Å². The molecule has 3 heteroatoms. The third-order valence-electron chi connectivity index (χ3n) is 4.08. The first-order valence-corrected chi connectivity index (χ1v) is 7.48. The van der Waals surface area contributed by atoms with Gasteiger partial charge in [0.1, 0.15) is 5.58 Å². The van der Waals surface area contributed by atoms with Gasteiger partial charge in [0.2, 0.25) is 5.88 Å². The van der Waals surface area contributed by atoms with Crippen LogP contribution in [0.3, 0.4) is 0 Å². The van der Waals surface area contributed by atoms with Crippen LogP contribution in [0.2, 0.25) is 0 Å². The van der Waals surface area contributed by atoms with Crippen molar-refractivity contribution in [3.8, 4) is 0 Å². The lowest BCUT2D eigenvalue weighted by molar-refractivity contribution is 0.604. The highest BCUT2D eigenvalue weighted by molar-refractivity contribution is 6.05. The maximum atomic E-state index is 12.7. The van der Waals surface area contributed by atoms with Gasteiger partial charge in [-0.1, -0.05) is 48.5 Å². The number of hydrogen-bond donors (Lipinski definition) is 0. The van der Waals surface area contributed by atoms with Gasteiger partial charge in [-0.15, -0.1) is 0 Å². The van der Waals surface area contributed by atoms with Crippen LogP contribution < -0.4 is 10.3 Å². The number of hydrogen-bond acceptors (Lipinski definition) is 3. The van der Waals surface area contributed by atoms with Crippen molar-refractivity contribution >= 4 is 33.3 Å². The standard InChI is InChI=1S/C20H15NO2/c1-21(15-8-3-2-4-9-15)19-13-17(22)20-16-10-6-5-7-14(16)11-12-18(20)23-19/h2-13H,1H3. The minimum atomic E-state index is -0.0270. The van der Waals surface area contributed by atoms with Crippen LogP contribution in [0, 0.1) is 0 Å². The van der Waals surface area contributed by atoms with E-state index in [4.69, 9.17) is 4.42 Å². The molecule has 0 unspecified atom stereocenters.